The summed E-state index contributed by atoms with van der Waals surface area (Å²) in [5.41, 5.74) is 0.645. The van der Waals surface area contributed by atoms with Crippen LogP contribution in [0.5, 0.6) is 0 Å². The van der Waals surface area contributed by atoms with Crippen LogP contribution in [0.1, 0.15) is 12.7 Å². The van der Waals surface area contributed by atoms with E-state index in [0.29, 0.717) is 12.3 Å². The Balaban J connectivity index is 2.03. The van der Waals surface area contributed by atoms with Gasteiger partial charge < -0.3 is 10.1 Å². The molecule has 0 fully saturated rings. The Morgan fingerprint density at radius 3 is 2.84 bits per heavy atom. The molecule has 0 radical (unpaired) electrons. The Morgan fingerprint density at radius 1 is 1.42 bits per heavy atom. The first kappa shape index (κ1) is 13.2. The molecule has 2 rings (SSSR count). The van der Waals surface area contributed by atoms with Gasteiger partial charge in [0.15, 0.2) is 0 Å². The van der Waals surface area contributed by atoms with Gasteiger partial charge in [-0.1, -0.05) is 0 Å². The summed E-state index contributed by atoms with van der Waals surface area (Å²) in [5, 5.41) is 2.71. The van der Waals surface area contributed by atoms with Crippen LogP contribution in [0.3, 0.4) is 0 Å². The number of carbonyl (C=O) groups excluding carboxylic acids is 1. The molecule has 0 saturated heterocycles. The lowest BCUT2D eigenvalue weighted by molar-refractivity contribution is -0.120. The lowest BCUT2D eigenvalue weighted by atomic mass is 10.4. The third kappa shape index (κ3) is 3.38. The Bertz CT molecular complexity index is 548. The molecule has 6 nitrogen and oxygen atoms in total. The summed E-state index contributed by atoms with van der Waals surface area (Å²) in [4.78, 5) is 19.9. The van der Waals surface area contributed by atoms with E-state index in [1.165, 1.54) is 0 Å². The minimum Gasteiger partial charge on any atom is -0.372 e. The van der Waals surface area contributed by atoms with Crippen molar-refractivity contribution in [3.63, 3.8) is 0 Å². The standard InChI is InChI=1S/C13H16N4O2/c1-3-19-9-13(18)16-11-4-5-12(15-8-11)17-7-6-14-10(17)2/h4-8H,3,9H2,1-2H3,(H,16,18). The number of nitrogens with one attached hydrogen (secondary N) is 1. The molecule has 2 aromatic heterocycles. The van der Waals surface area contributed by atoms with Crippen LogP contribution >= 0.6 is 0 Å². The van der Waals surface area contributed by atoms with Crippen LogP contribution in [0.2, 0.25) is 0 Å². The van der Waals surface area contributed by atoms with Crippen LogP contribution in [-0.4, -0.2) is 33.7 Å². The molecule has 1 N–H and O–H groups in total. The fourth-order valence-electron chi connectivity index (χ4n) is 1.61. The number of imidazole rings is 1. The summed E-state index contributed by atoms with van der Waals surface area (Å²) in [6.07, 6.45) is 5.17. The van der Waals surface area contributed by atoms with E-state index in [2.05, 4.69) is 15.3 Å². The van der Waals surface area contributed by atoms with Gasteiger partial charge >= 0.3 is 0 Å². The topological polar surface area (TPSA) is 69.0 Å². The summed E-state index contributed by atoms with van der Waals surface area (Å²) < 4.78 is 6.89. The van der Waals surface area contributed by atoms with Gasteiger partial charge in [-0.3, -0.25) is 9.36 Å². The summed E-state index contributed by atoms with van der Waals surface area (Å²) in [6.45, 7) is 4.32. The van der Waals surface area contributed by atoms with Crippen LogP contribution in [0.25, 0.3) is 5.82 Å². The molecule has 1 amide bonds. The minimum absolute atomic E-state index is 0.0544. The van der Waals surface area contributed by atoms with Gasteiger partial charge in [0.25, 0.3) is 0 Å². The van der Waals surface area contributed by atoms with Crippen LogP contribution in [-0.2, 0) is 9.53 Å². The SMILES string of the molecule is CCOCC(=O)Nc1ccc(-n2ccnc2C)nc1. The fraction of sp³-hybridized carbons (Fsp3) is 0.308. The second-order valence-electron chi connectivity index (χ2n) is 3.93. The first-order valence-corrected chi connectivity index (χ1v) is 6.04. The van der Waals surface area contributed by atoms with Gasteiger partial charge in [0, 0.05) is 19.0 Å². The van der Waals surface area contributed by atoms with E-state index in [-0.39, 0.29) is 12.5 Å². The number of hydrogen-bond acceptors (Lipinski definition) is 4. The Labute approximate surface area is 111 Å². The highest BCUT2D eigenvalue weighted by Crippen LogP contribution is 2.11. The average Bonchev–Trinajstić information content (AvgIpc) is 2.83. The van der Waals surface area contributed by atoms with E-state index in [1.54, 1.807) is 18.5 Å². The number of rotatable bonds is 5. The summed E-state index contributed by atoms with van der Waals surface area (Å²) in [7, 11) is 0. The zero-order valence-electron chi connectivity index (χ0n) is 11.0. The van der Waals surface area contributed by atoms with Crippen molar-refractivity contribution in [3.8, 4) is 5.82 Å². The Morgan fingerprint density at radius 2 is 2.26 bits per heavy atom. The molecular weight excluding hydrogens is 244 g/mol. The molecule has 0 aliphatic heterocycles. The third-order valence-corrected chi connectivity index (χ3v) is 2.54. The predicted molar refractivity (Wildman–Crippen MR) is 71.2 cm³/mol. The van der Waals surface area contributed by atoms with E-state index in [0.717, 1.165) is 11.6 Å². The first-order valence-electron chi connectivity index (χ1n) is 6.04. The van der Waals surface area contributed by atoms with Crippen molar-refractivity contribution in [1.29, 1.82) is 0 Å². The second-order valence-corrected chi connectivity index (χ2v) is 3.93. The summed E-state index contributed by atoms with van der Waals surface area (Å²) >= 11 is 0. The molecule has 0 bridgehead atoms. The highest BCUT2D eigenvalue weighted by molar-refractivity contribution is 5.91. The number of anilines is 1. The number of aromatic nitrogens is 3. The molecule has 2 aromatic rings. The monoisotopic (exact) mass is 260 g/mol. The van der Waals surface area contributed by atoms with Gasteiger partial charge in [-0.15, -0.1) is 0 Å². The Hall–Kier alpha value is -2.21. The van der Waals surface area contributed by atoms with E-state index in [4.69, 9.17) is 4.74 Å². The third-order valence-electron chi connectivity index (χ3n) is 2.54. The second kappa shape index (κ2) is 6.10. The number of carbonyl (C=O) groups is 1. The predicted octanol–water partition coefficient (Wildman–Crippen LogP) is 1.55. The lowest BCUT2D eigenvalue weighted by Gasteiger charge is -2.07. The van der Waals surface area contributed by atoms with E-state index < -0.39 is 0 Å². The molecule has 6 heteroatoms. The normalized spacial score (nSPS) is 10.4. The number of aryl methyl sites for hydroxylation is 1. The van der Waals surface area contributed by atoms with Crippen molar-refractivity contribution in [2.24, 2.45) is 0 Å². The number of ether oxygens (including phenoxy) is 1. The smallest absolute Gasteiger partial charge is 0.250 e. The van der Waals surface area contributed by atoms with Crippen LogP contribution in [0, 0.1) is 6.92 Å². The quantitative estimate of drug-likeness (QED) is 0.885. The van der Waals surface area contributed by atoms with Crippen molar-refractivity contribution in [2.75, 3.05) is 18.5 Å². The van der Waals surface area contributed by atoms with Crippen molar-refractivity contribution >= 4 is 11.6 Å². The molecule has 19 heavy (non-hydrogen) atoms. The lowest BCUT2D eigenvalue weighted by Crippen LogP contribution is -2.18. The van der Waals surface area contributed by atoms with Gasteiger partial charge in [0.1, 0.15) is 18.2 Å². The van der Waals surface area contributed by atoms with Crippen LogP contribution < -0.4 is 5.32 Å². The van der Waals surface area contributed by atoms with Gasteiger partial charge in [0.2, 0.25) is 5.91 Å². The summed E-state index contributed by atoms with van der Waals surface area (Å²) in [6, 6.07) is 3.62. The van der Waals surface area contributed by atoms with Crippen LogP contribution in [0.4, 0.5) is 5.69 Å². The molecule has 100 valence electrons. The van der Waals surface area contributed by atoms with E-state index in [1.807, 2.05) is 30.7 Å². The largest absolute Gasteiger partial charge is 0.372 e. The van der Waals surface area contributed by atoms with Gasteiger partial charge in [-0.2, -0.15) is 0 Å². The molecule has 0 spiro atoms. The highest BCUT2D eigenvalue weighted by atomic mass is 16.5. The number of hydrogen-bond donors (Lipinski definition) is 1. The van der Waals surface area contributed by atoms with Crippen molar-refractivity contribution in [3.05, 3.63) is 36.5 Å². The zero-order chi connectivity index (χ0) is 13.7. The molecule has 0 aliphatic carbocycles. The van der Waals surface area contributed by atoms with E-state index >= 15 is 0 Å². The Kier molecular flexibility index (Phi) is 4.25. The molecular formula is C13H16N4O2. The summed E-state index contributed by atoms with van der Waals surface area (Å²) in [5.74, 6) is 1.44. The number of amides is 1. The molecule has 0 atom stereocenters. The molecule has 2 heterocycles. The van der Waals surface area contributed by atoms with Gasteiger partial charge in [0.05, 0.1) is 11.9 Å². The van der Waals surface area contributed by atoms with Crippen molar-refractivity contribution in [1.82, 2.24) is 14.5 Å². The zero-order valence-corrected chi connectivity index (χ0v) is 11.0. The van der Waals surface area contributed by atoms with Crippen molar-refractivity contribution < 1.29 is 9.53 Å². The van der Waals surface area contributed by atoms with E-state index in [9.17, 15) is 4.79 Å². The fourth-order valence-corrected chi connectivity index (χ4v) is 1.61. The maximum absolute atomic E-state index is 11.5. The maximum atomic E-state index is 11.5. The molecule has 0 unspecified atom stereocenters. The van der Waals surface area contributed by atoms with Crippen molar-refractivity contribution in [2.45, 2.75) is 13.8 Å². The average molecular weight is 260 g/mol. The molecule has 0 aliphatic rings. The van der Waals surface area contributed by atoms with Gasteiger partial charge in [-0.05, 0) is 26.0 Å². The first-order chi connectivity index (χ1) is 9.20. The molecule has 0 aromatic carbocycles. The maximum Gasteiger partial charge on any atom is 0.250 e. The minimum atomic E-state index is -0.185. The number of nitrogens with zero attached hydrogens (tertiary/aromatic N) is 3. The molecule has 0 saturated carbocycles. The highest BCUT2D eigenvalue weighted by Gasteiger charge is 2.04. The number of pyridine rings is 1. The van der Waals surface area contributed by atoms with Crippen LogP contribution in [0.15, 0.2) is 30.7 Å². The van der Waals surface area contributed by atoms with Gasteiger partial charge in [-0.25, -0.2) is 9.97 Å².